The van der Waals surface area contributed by atoms with Gasteiger partial charge in [-0.1, -0.05) is 31.0 Å². The number of pyridine rings is 1. The van der Waals surface area contributed by atoms with Crippen LogP contribution in [0.4, 0.5) is 10.1 Å². The van der Waals surface area contributed by atoms with Crippen LogP contribution in [0.3, 0.4) is 0 Å². The Bertz CT molecular complexity index is 1140. The average Bonchev–Trinajstić information content (AvgIpc) is 3.40. The van der Waals surface area contributed by atoms with Gasteiger partial charge in [-0.15, -0.1) is 0 Å². The molecule has 1 aromatic heterocycles. The second kappa shape index (κ2) is 7.36. The van der Waals surface area contributed by atoms with Crippen LogP contribution in [0.15, 0.2) is 36.4 Å². The number of para-hydroxylation sites is 1. The molecule has 1 atom stereocenters. The lowest BCUT2D eigenvalue weighted by Crippen LogP contribution is -2.32. The van der Waals surface area contributed by atoms with E-state index in [9.17, 15) is 9.18 Å². The van der Waals surface area contributed by atoms with Crippen molar-refractivity contribution in [3.05, 3.63) is 53.5 Å². The van der Waals surface area contributed by atoms with Gasteiger partial charge in [0.15, 0.2) is 0 Å². The molecule has 1 aliphatic heterocycles. The van der Waals surface area contributed by atoms with Gasteiger partial charge < -0.3 is 15.3 Å². The second-order valence-corrected chi connectivity index (χ2v) is 8.16. The molecule has 30 heavy (non-hydrogen) atoms. The third-order valence-corrected chi connectivity index (χ3v) is 6.50. The zero-order valence-corrected chi connectivity index (χ0v) is 16.9. The molecule has 2 N–H and O–H groups in total. The number of nitrogens with zero attached hydrogens (tertiary/aromatic N) is 2. The van der Waals surface area contributed by atoms with Crippen LogP contribution in [0.1, 0.15) is 43.0 Å². The van der Waals surface area contributed by atoms with Gasteiger partial charge in [-0.2, -0.15) is 0 Å². The van der Waals surface area contributed by atoms with Crippen molar-refractivity contribution in [2.75, 3.05) is 12.8 Å². The van der Waals surface area contributed by atoms with Crippen molar-refractivity contribution in [1.29, 1.82) is 0 Å². The number of ether oxygens (including phenoxy) is 1. The Labute approximate surface area is 174 Å². The summed E-state index contributed by atoms with van der Waals surface area (Å²) >= 11 is 0. The van der Waals surface area contributed by atoms with Gasteiger partial charge in [0.05, 0.1) is 24.4 Å². The van der Waals surface area contributed by atoms with Crippen LogP contribution in [-0.4, -0.2) is 29.3 Å². The monoisotopic (exact) mass is 405 g/mol. The number of aromatic nitrogens is 1. The number of nitrogen functional groups attached to an aromatic ring is 1. The number of aldehydes is 1. The fraction of sp³-hybridized carbons (Fsp3) is 0.333. The number of anilines is 1. The summed E-state index contributed by atoms with van der Waals surface area (Å²) in [6.07, 6.45) is 5.59. The fourth-order valence-corrected chi connectivity index (χ4v) is 5.07. The highest BCUT2D eigenvalue weighted by Gasteiger charge is 2.38. The van der Waals surface area contributed by atoms with Crippen LogP contribution in [-0.2, 0) is 11.3 Å². The van der Waals surface area contributed by atoms with Gasteiger partial charge in [0.2, 0.25) is 0 Å². The van der Waals surface area contributed by atoms with E-state index in [2.05, 4.69) is 4.90 Å². The summed E-state index contributed by atoms with van der Waals surface area (Å²) in [5, 5.41) is 0.787. The van der Waals surface area contributed by atoms with Crippen LogP contribution in [0.5, 0.6) is 5.75 Å². The number of carbonyl (C=O) groups is 1. The van der Waals surface area contributed by atoms with Crippen LogP contribution in [0, 0.1) is 5.82 Å². The quantitative estimate of drug-likeness (QED) is 0.641. The van der Waals surface area contributed by atoms with Crippen LogP contribution in [0.25, 0.3) is 22.0 Å². The van der Waals surface area contributed by atoms with E-state index in [4.69, 9.17) is 15.5 Å². The number of nitrogens with two attached hydrogens (primary N) is 1. The number of benzene rings is 2. The Balaban J connectivity index is 1.68. The average molecular weight is 405 g/mol. The molecule has 2 heterocycles. The standard InChI is InChI=1S/C24H24FN3O2/c1-30-17-10-14(9-15(25)11-17)18-7-4-8-19-23(26)22-20(27-24(18)19)12-28(21(22)13-29)16-5-2-3-6-16/h4,7-11,13,16,21H,2-3,5-6,12H2,1H3,(H2,26,27). The lowest BCUT2D eigenvalue weighted by molar-refractivity contribution is -0.113. The fourth-order valence-electron chi connectivity index (χ4n) is 5.07. The van der Waals surface area contributed by atoms with Crippen molar-refractivity contribution in [1.82, 2.24) is 9.88 Å². The molecule has 1 aliphatic carbocycles. The first kappa shape index (κ1) is 19.0. The Hall–Kier alpha value is -2.99. The van der Waals surface area contributed by atoms with E-state index >= 15 is 0 Å². The SMILES string of the molecule is COc1cc(F)cc(-c2cccc3c(N)c4c(nc23)CN(C2CCCC2)C4C=O)c1. The van der Waals surface area contributed by atoms with Gasteiger partial charge in [0, 0.05) is 40.9 Å². The highest BCUT2D eigenvalue weighted by molar-refractivity contribution is 6.02. The van der Waals surface area contributed by atoms with Crippen molar-refractivity contribution in [2.24, 2.45) is 0 Å². The van der Waals surface area contributed by atoms with E-state index in [-0.39, 0.29) is 11.9 Å². The maximum atomic E-state index is 14.1. The van der Waals surface area contributed by atoms with Crippen LogP contribution in [0.2, 0.25) is 0 Å². The zero-order chi connectivity index (χ0) is 20.8. The van der Waals surface area contributed by atoms with Gasteiger partial charge in [-0.25, -0.2) is 4.39 Å². The Morgan fingerprint density at radius 1 is 1.23 bits per heavy atom. The maximum absolute atomic E-state index is 14.1. The minimum Gasteiger partial charge on any atom is -0.497 e. The molecule has 1 saturated carbocycles. The number of hydrogen-bond acceptors (Lipinski definition) is 5. The molecular formula is C24H24FN3O2. The number of halogens is 1. The summed E-state index contributed by atoms with van der Waals surface area (Å²) in [5.74, 6) is 0.0773. The van der Waals surface area contributed by atoms with Gasteiger partial charge in [-0.3, -0.25) is 9.88 Å². The lowest BCUT2D eigenvalue weighted by Gasteiger charge is -2.27. The summed E-state index contributed by atoms with van der Waals surface area (Å²) in [4.78, 5) is 19.2. The van der Waals surface area contributed by atoms with Crippen LogP contribution >= 0.6 is 0 Å². The molecule has 0 amide bonds. The predicted octanol–water partition coefficient (Wildman–Crippen LogP) is 4.63. The van der Waals surface area contributed by atoms with Crippen molar-refractivity contribution in [3.63, 3.8) is 0 Å². The molecule has 5 nitrogen and oxygen atoms in total. The Morgan fingerprint density at radius 2 is 2.03 bits per heavy atom. The normalized spacial score (nSPS) is 19.3. The predicted molar refractivity (Wildman–Crippen MR) is 115 cm³/mol. The summed E-state index contributed by atoms with van der Waals surface area (Å²) in [5.41, 5.74) is 11.1. The number of rotatable bonds is 4. The van der Waals surface area contributed by atoms with Crippen molar-refractivity contribution in [3.8, 4) is 16.9 Å². The minimum atomic E-state index is -0.371. The number of hydrogen-bond donors (Lipinski definition) is 1. The van der Waals surface area contributed by atoms with Crippen molar-refractivity contribution >= 4 is 22.9 Å². The highest BCUT2D eigenvalue weighted by atomic mass is 19.1. The number of fused-ring (bicyclic) bond motifs is 2. The molecule has 1 unspecified atom stereocenters. The molecule has 5 rings (SSSR count). The smallest absolute Gasteiger partial charge is 0.141 e. The molecular weight excluding hydrogens is 381 g/mol. The van der Waals surface area contributed by atoms with Gasteiger partial charge in [0.1, 0.15) is 17.9 Å². The number of carbonyl (C=O) groups excluding carboxylic acids is 1. The first-order chi connectivity index (χ1) is 14.6. The van der Waals surface area contributed by atoms with Gasteiger partial charge in [0.25, 0.3) is 0 Å². The number of methoxy groups -OCH3 is 1. The van der Waals surface area contributed by atoms with E-state index in [1.165, 1.54) is 32.1 Å². The second-order valence-electron chi connectivity index (χ2n) is 8.16. The summed E-state index contributed by atoms with van der Waals surface area (Å²) in [6.45, 7) is 0.615. The summed E-state index contributed by atoms with van der Waals surface area (Å²) < 4.78 is 19.4. The molecule has 2 aromatic carbocycles. The molecule has 1 fully saturated rings. The Morgan fingerprint density at radius 3 is 2.77 bits per heavy atom. The van der Waals surface area contributed by atoms with Gasteiger partial charge >= 0.3 is 0 Å². The molecule has 2 aliphatic rings. The van der Waals surface area contributed by atoms with E-state index < -0.39 is 0 Å². The zero-order valence-electron chi connectivity index (χ0n) is 16.9. The third-order valence-electron chi connectivity index (χ3n) is 6.50. The first-order valence-electron chi connectivity index (χ1n) is 10.4. The van der Waals surface area contributed by atoms with E-state index in [1.54, 1.807) is 6.07 Å². The molecule has 0 saturated heterocycles. The van der Waals surface area contributed by atoms with E-state index in [1.807, 2.05) is 18.2 Å². The highest BCUT2D eigenvalue weighted by Crippen LogP contribution is 2.44. The molecule has 0 bridgehead atoms. The van der Waals surface area contributed by atoms with E-state index in [0.717, 1.165) is 46.9 Å². The van der Waals surface area contributed by atoms with Crippen molar-refractivity contribution in [2.45, 2.75) is 44.3 Å². The summed E-state index contributed by atoms with van der Waals surface area (Å²) in [6, 6.07) is 10.4. The topological polar surface area (TPSA) is 68.5 Å². The molecule has 0 spiro atoms. The third kappa shape index (κ3) is 2.94. The molecule has 3 aromatic rings. The summed E-state index contributed by atoms with van der Waals surface area (Å²) in [7, 11) is 1.52. The first-order valence-corrected chi connectivity index (χ1v) is 10.4. The molecule has 154 valence electrons. The van der Waals surface area contributed by atoms with Crippen LogP contribution < -0.4 is 10.5 Å². The molecule has 6 heteroatoms. The van der Waals surface area contributed by atoms with E-state index in [0.29, 0.717) is 29.6 Å². The lowest BCUT2D eigenvalue weighted by atomic mass is 9.97. The van der Waals surface area contributed by atoms with Crippen molar-refractivity contribution < 1.29 is 13.9 Å². The largest absolute Gasteiger partial charge is 0.497 e. The Kier molecular flexibility index (Phi) is 4.66. The maximum Gasteiger partial charge on any atom is 0.141 e. The molecule has 0 radical (unpaired) electrons. The minimum absolute atomic E-state index is 0.349. The van der Waals surface area contributed by atoms with Gasteiger partial charge in [-0.05, 0) is 30.5 Å².